The number of nitrogens with zero attached hydrogens (tertiary/aromatic N) is 2. The first-order valence-corrected chi connectivity index (χ1v) is 7.15. The molecule has 0 aromatic carbocycles. The Balaban J connectivity index is 3.00. The Hall–Kier alpha value is -0.760. The van der Waals surface area contributed by atoms with Gasteiger partial charge in [0, 0.05) is 32.3 Å². The summed E-state index contributed by atoms with van der Waals surface area (Å²) in [5.41, 5.74) is 0. The molecule has 1 rings (SSSR count). The lowest BCUT2D eigenvalue weighted by Crippen LogP contribution is -2.35. The Kier molecular flexibility index (Phi) is 5.94. The monoisotopic (exact) mass is 296 g/mol. The van der Waals surface area contributed by atoms with E-state index in [1.54, 1.807) is 0 Å². The molecule has 0 radical (unpaired) electrons. The molecule has 18 heavy (non-hydrogen) atoms. The van der Waals surface area contributed by atoms with Gasteiger partial charge in [-0.3, -0.25) is 4.98 Å². The van der Waals surface area contributed by atoms with Crippen LogP contribution < -0.4 is 0 Å². The second-order valence-electron chi connectivity index (χ2n) is 3.42. The molecule has 5 nitrogen and oxygen atoms in total. The van der Waals surface area contributed by atoms with Gasteiger partial charge in [-0.25, -0.2) is 12.8 Å². The fourth-order valence-electron chi connectivity index (χ4n) is 1.32. The zero-order valence-electron chi connectivity index (χ0n) is 9.84. The molecule has 0 saturated carbocycles. The topological polar surface area (TPSA) is 59.5 Å². The van der Waals surface area contributed by atoms with Gasteiger partial charge in [0.1, 0.15) is 10.7 Å². The van der Waals surface area contributed by atoms with Crippen LogP contribution in [0.3, 0.4) is 0 Å². The summed E-state index contributed by atoms with van der Waals surface area (Å²) in [4.78, 5) is 3.34. The van der Waals surface area contributed by atoms with Crippen LogP contribution in [0.15, 0.2) is 23.4 Å². The molecule has 1 heterocycles. The SMILES string of the molecule is COCCN(CCCl)S(=O)(=O)c1cncc(F)c1. The van der Waals surface area contributed by atoms with E-state index >= 15 is 0 Å². The Morgan fingerprint density at radius 2 is 2.17 bits per heavy atom. The summed E-state index contributed by atoms with van der Waals surface area (Å²) in [6.45, 7) is 0.519. The molecule has 0 unspecified atom stereocenters. The number of halogens is 2. The van der Waals surface area contributed by atoms with Crippen molar-refractivity contribution in [2.75, 3.05) is 32.7 Å². The number of hydrogen-bond acceptors (Lipinski definition) is 4. The van der Waals surface area contributed by atoms with Gasteiger partial charge >= 0.3 is 0 Å². The van der Waals surface area contributed by atoms with Crippen molar-refractivity contribution in [2.45, 2.75) is 4.90 Å². The zero-order valence-corrected chi connectivity index (χ0v) is 11.4. The van der Waals surface area contributed by atoms with Crippen LogP contribution in [0.2, 0.25) is 0 Å². The van der Waals surface area contributed by atoms with Gasteiger partial charge in [-0.2, -0.15) is 4.31 Å². The third-order valence-corrected chi connectivity index (χ3v) is 4.23. The molecular weight excluding hydrogens is 283 g/mol. The standard InChI is InChI=1S/C10H14ClFN2O3S/c1-17-5-4-14(3-2-11)18(15,16)10-6-9(12)7-13-8-10/h6-8H,2-5H2,1H3. The molecule has 0 atom stereocenters. The highest BCUT2D eigenvalue weighted by Gasteiger charge is 2.24. The van der Waals surface area contributed by atoms with Gasteiger partial charge in [0.05, 0.1) is 12.8 Å². The predicted octanol–water partition coefficient (Wildman–Crippen LogP) is 1.10. The van der Waals surface area contributed by atoms with Crippen LogP contribution in [0.25, 0.3) is 0 Å². The van der Waals surface area contributed by atoms with Gasteiger partial charge in [0.2, 0.25) is 10.0 Å². The van der Waals surface area contributed by atoms with Gasteiger partial charge in [-0.05, 0) is 6.07 Å². The molecular formula is C10H14ClFN2O3S. The highest BCUT2D eigenvalue weighted by atomic mass is 35.5. The fourth-order valence-corrected chi connectivity index (χ4v) is 3.03. The minimum atomic E-state index is -3.79. The number of ether oxygens (including phenoxy) is 1. The van der Waals surface area contributed by atoms with Crippen LogP contribution in [0.4, 0.5) is 4.39 Å². The van der Waals surface area contributed by atoms with E-state index < -0.39 is 15.8 Å². The quantitative estimate of drug-likeness (QED) is 0.707. The Morgan fingerprint density at radius 3 is 2.72 bits per heavy atom. The van der Waals surface area contributed by atoms with E-state index in [0.717, 1.165) is 22.8 Å². The van der Waals surface area contributed by atoms with E-state index in [4.69, 9.17) is 16.3 Å². The molecule has 0 amide bonds. The lowest BCUT2D eigenvalue weighted by Gasteiger charge is -2.20. The van der Waals surface area contributed by atoms with E-state index in [2.05, 4.69) is 4.98 Å². The van der Waals surface area contributed by atoms with Gasteiger partial charge < -0.3 is 4.74 Å². The maximum atomic E-state index is 13.0. The van der Waals surface area contributed by atoms with Crippen LogP contribution in [0, 0.1) is 5.82 Å². The first kappa shape index (κ1) is 15.3. The Labute approximate surface area is 111 Å². The third kappa shape index (κ3) is 3.88. The summed E-state index contributed by atoms with van der Waals surface area (Å²) >= 11 is 5.56. The molecule has 1 aromatic heterocycles. The van der Waals surface area contributed by atoms with Crippen molar-refractivity contribution in [3.8, 4) is 0 Å². The number of sulfonamides is 1. The van der Waals surface area contributed by atoms with Crippen molar-refractivity contribution in [2.24, 2.45) is 0 Å². The highest BCUT2D eigenvalue weighted by molar-refractivity contribution is 7.89. The number of alkyl halides is 1. The second-order valence-corrected chi connectivity index (χ2v) is 5.74. The maximum Gasteiger partial charge on any atom is 0.244 e. The van der Waals surface area contributed by atoms with Gasteiger partial charge in [-0.1, -0.05) is 0 Å². The third-order valence-electron chi connectivity index (χ3n) is 2.20. The zero-order chi connectivity index (χ0) is 13.6. The van der Waals surface area contributed by atoms with Gasteiger partial charge in [0.15, 0.2) is 0 Å². The predicted molar refractivity (Wildman–Crippen MR) is 65.5 cm³/mol. The van der Waals surface area contributed by atoms with E-state index in [9.17, 15) is 12.8 Å². The number of hydrogen-bond donors (Lipinski definition) is 0. The Bertz CT molecular complexity index is 484. The lowest BCUT2D eigenvalue weighted by atomic mass is 10.5. The van der Waals surface area contributed by atoms with Crippen molar-refractivity contribution in [1.82, 2.24) is 9.29 Å². The minimum absolute atomic E-state index is 0.129. The highest BCUT2D eigenvalue weighted by Crippen LogP contribution is 2.15. The Morgan fingerprint density at radius 1 is 1.44 bits per heavy atom. The molecule has 0 aliphatic rings. The molecule has 0 spiro atoms. The first-order valence-electron chi connectivity index (χ1n) is 5.18. The van der Waals surface area contributed by atoms with Crippen LogP contribution >= 0.6 is 11.6 Å². The lowest BCUT2D eigenvalue weighted by molar-refractivity contribution is 0.180. The van der Waals surface area contributed by atoms with Crippen LogP contribution in [-0.4, -0.2) is 50.4 Å². The normalized spacial score (nSPS) is 12.0. The van der Waals surface area contributed by atoms with Crippen LogP contribution in [0.1, 0.15) is 0 Å². The number of rotatable bonds is 7. The van der Waals surface area contributed by atoms with Crippen molar-refractivity contribution in [3.63, 3.8) is 0 Å². The summed E-state index contributed by atoms with van der Waals surface area (Å²) in [5, 5.41) is 0. The smallest absolute Gasteiger partial charge is 0.244 e. The summed E-state index contributed by atoms with van der Waals surface area (Å²) < 4.78 is 43.3. The van der Waals surface area contributed by atoms with Gasteiger partial charge in [-0.15, -0.1) is 11.6 Å². The van der Waals surface area contributed by atoms with Gasteiger partial charge in [0.25, 0.3) is 0 Å². The minimum Gasteiger partial charge on any atom is -0.383 e. The molecule has 0 N–H and O–H groups in total. The summed E-state index contributed by atoms with van der Waals surface area (Å²) in [6.07, 6.45) is 2.05. The summed E-state index contributed by atoms with van der Waals surface area (Å²) in [6, 6.07) is 0.927. The van der Waals surface area contributed by atoms with Crippen molar-refractivity contribution in [1.29, 1.82) is 0 Å². The fraction of sp³-hybridized carbons (Fsp3) is 0.500. The molecule has 0 aliphatic carbocycles. The molecule has 0 bridgehead atoms. The second kappa shape index (κ2) is 6.98. The first-order chi connectivity index (χ1) is 8.52. The van der Waals surface area contributed by atoms with Crippen molar-refractivity contribution in [3.05, 3.63) is 24.3 Å². The summed E-state index contributed by atoms with van der Waals surface area (Å²) in [5.74, 6) is -0.556. The van der Waals surface area contributed by atoms with Crippen LogP contribution in [-0.2, 0) is 14.8 Å². The largest absolute Gasteiger partial charge is 0.383 e. The van der Waals surface area contributed by atoms with Crippen molar-refractivity contribution < 1.29 is 17.5 Å². The maximum absolute atomic E-state index is 13.0. The van der Waals surface area contributed by atoms with E-state index in [1.165, 1.54) is 7.11 Å². The average Bonchev–Trinajstić information content (AvgIpc) is 2.34. The molecule has 8 heteroatoms. The molecule has 0 saturated heterocycles. The van der Waals surface area contributed by atoms with Crippen LogP contribution in [0.5, 0.6) is 0 Å². The molecule has 1 aromatic rings. The van der Waals surface area contributed by atoms with E-state index in [0.29, 0.717) is 0 Å². The summed E-state index contributed by atoms with van der Waals surface area (Å²) in [7, 11) is -2.32. The van der Waals surface area contributed by atoms with Crippen molar-refractivity contribution >= 4 is 21.6 Å². The number of pyridine rings is 1. The average molecular weight is 297 g/mol. The van der Waals surface area contributed by atoms with E-state index in [1.807, 2.05) is 0 Å². The molecule has 102 valence electrons. The molecule has 0 aliphatic heterocycles. The number of methoxy groups -OCH3 is 1. The molecule has 0 fully saturated rings. The number of aromatic nitrogens is 1. The van der Waals surface area contributed by atoms with E-state index in [-0.39, 0.29) is 30.5 Å².